The van der Waals surface area contributed by atoms with Gasteiger partial charge in [0.15, 0.2) is 0 Å². The number of fused-ring (bicyclic) bond motifs is 1. The van der Waals surface area contributed by atoms with Gasteiger partial charge in [-0.15, -0.1) is 0 Å². The summed E-state index contributed by atoms with van der Waals surface area (Å²) in [6.07, 6.45) is 4.53. The zero-order chi connectivity index (χ0) is 11.9. The van der Waals surface area contributed by atoms with Crippen LogP contribution in [0.15, 0.2) is 11.6 Å². The topological polar surface area (TPSA) is 20.3 Å². The van der Waals surface area contributed by atoms with Crippen molar-refractivity contribution in [3.05, 3.63) is 11.6 Å². The molecule has 1 fully saturated rings. The first kappa shape index (κ1) is 11.7. The van der Waals surface area contributed by atoms with E-state index in [0.717, 1.165) is 31.0 Å². The molecule has 2 bridgehead atoms. The Morgan fingerprint density at radius 3 is 2.50 bits per heavy atom. The lowest BCUT2D eigenvalue weighted by Crippen LogP contribution is -2.51. The summed E-state index contributed by atoms with van der Waals surface area (Å²) in [6.45, 7) is 10.4. The standard InChI is InChI=1S/C14H23NO/c1-5-15(6-2)13(16)11-8-7-10-9-12(11)14(10,3)4/h8,10,12H,5-7,9H2,1-4H3/t10-,12-/m1/s1. The minimum Gasteiger partial charge on any atom is -0.339 e. The number of carbonyl (C=O) groups excluding carboxylic acids is 1. The van der Waals surface area contributed by atoms with Gasteiger partial charge in [-0.05, 0) is 43.9 Å². The van der Waals surface area contributed by atoms with Gasteiger partial charge in [0.25, 0.3) is 0 Å². The summed E-state index contributed by atoms with van der Waals surface area (Å²) >= 11 is 0. The Kier molecular flexibility index (Phi) is 2.85. The van der Waals surface area contributed by atoms with E-state index in [1.165, 1.54) is 6.42 Å². The Labute approximate surface area is 98.7 Å². The Bertz CT molecular complexity index is 326. The predicted octanol–water partition coefficient (Wildman–Crippen LogP) is 2.85. The van der Waals surface area contributed by atoms with Crippen LogP contribution in [-0.4, -0.2) is 23.9 Å². The van der Waals surface area contributed by atoms with Crippen molar-refractivity contribution < 1.29 is 4.79 Å². The summed E-state index contributed by atoms with van der Waals surface area (Å²) in [6, 6.07) is 0. The molecule has 1 amide bonds. The van der Waals surface area contributed by atoms with E-state index in [2.05, 4.69) is 33.8 Å². The molecule has 3 rings (SSSR count). The molecule has 0 N–H and O–H groups in total. The predicted molar refractivity (Wildman–Crippen MR) is 66.0 cm³/mol. The molecule has 2 nitrogen and oxygen atoms in total. The second kappa shape index (κ2) is 3.90. The molecule has 16 heavy (non-hydrogen) atoms. The first-order valence-corrected chi connectivity index (χ1v) is 6.51. The lowest BCUT2D eigenvalue weighted by molar-refractivity contribution is -0.130. The van der Waals surface area contributed by atoms with Crippen molar-refractivity contribution >= 4 is 5.91 Å². The molecule has 3 aliphatic rings. The van der Waals surface area contributed by atoms with Gasteiger partial charge in [-0.1, -0.05) is 19.9 Å². The normalized spacial score (nSPS) is 30.4. The summed E-state index contributed by atoms with van der Waals surface area (Å²) in [5, 5.41) is 0. The molecule has 1 saturated carbocycles. The Morgan fingerprint density at radius 1 is 1.44 bits per heavy atom. The van der Waals surface area contributed by atoms with Gasteiger partial charge in [0.1, 0.15) is 0 Å². The van der Waals surface area contributed by atoms with Crippen LogP contribution in [0.2, 0.25) is 0 Å². The van der Waals surface area contributed by atoms with Crippen molar-refractivity contribution in [2.75, 3.05) is 13.1 Å². The number of nitrogens with zero attached hydrogens (tertiary/aromatic N) is 1. The minimum absolute atomic E-state index is 0.279. The van der Waals surface area contributed by atoms with E-state index < -0.39 is 0 Å². The van der Waals surface area contributed by atoms with E-state index in [4.69, 9.17) is 0 Å². The number of likely N-dealkylation sites (N-methyl/N-ethyl adjacent to an activating group) is 1. The largest absolute Gasteiger partial charge is 0.339 e. The molecule has 0 aromatic rings. The summed E-state index contributed by atoms with van der Waals surface area (Å²) in [5.74, 6) is 1.60. The van der Waals surface area contributed by atoms with Gasteiger partial charge < -0.3 is 4.90 Å². The number of allylic oxidation sites excluding steroid dienone is 1. The van der Waals surface area contributed by atoms with Crippen molar-refractivity contribution in [1.82, 2.24) is 4.90 Å². The molecule has 0 heterocycles. The van der Waals surface area contributed by atoms with Crippen molar-refractivity contribution in [2.24, 2.45) is 17.3 Å². The number of amides is 1. The fourth-order valence-corrected chi connectivity index (χ4v) is 3.28. The van der Waals surface area contributed by atoms with Gasteiger partial charge in [0, 0.05) is 18.7 Å². The van der Waals surface area contributed by atoms with E-state index in [0.29, 0.717) is 11.3 Å². The smallest absolute Gasteiger partial charge is 0.249 e. The van der Waals surface area contributed by atoms with Crippen LogP contribution in [0.4, 0.5) is 0 Å². The third-order valence-electron chi connectivity index (χ3n) is 4.77. The van der Waals surface area contributed by atoms with Crippen LogP contribution in [0.5, 0.6) is 0 Å². The highest BCUT2D eigenvalue weighted by Gasteiger charge is 2.52. The number of hydrogen-bond acceptors (Lipinski definition) is 1. The maximum Gasteiger partial charge on any atom is 0.249 e. The van der Waals surface area contributed by atoms with Gasteiger partial charge in [-0.2, -0.15) is 0 Å². The van der Waals surface area contributed by atoms with E-state index in [1.807, 2.05) is 4.90 Å². The van der Waals surface area contributed by atoms with Crippen LogP contribution >= 0.6 is 0 Å². The molecule has 0 aliphatic heterocycles. The second-order valence-corrected chi connectivity index (χ2v) is 5.68. The molecule has 2 atom stereocenters. The lowest BCUT2D eigenvalue weighted by Gasteiger charge is -2.56. The van der Waals surface area contributed by atoms with Gasteiger partial charge in [0.2, 0.25) is 5.91 Å². The van der Waals surface area contributed by atoms with Crippen LogP contribution in [0.1, 0.15) is 40.5 Å². The monoisotopic (exact) mass is 221 g/mol. The van der Waals surface area contributed by atoms with Crippen LogP contribution in [-0.2, 0) is 4.79 Å². The van der Waals surface area contributed by atoms with E-state index in [1.54, 1.807) is 0 Å². The van der Waals surface area contributed by atoms with Gasteiger partial charge in [-0.25, -0.2) is 0 Å². The first-order chi connectivity index (χ1) is 7.52. The highest BCUT2D eigenvalue weighted by atomic mass is 16.2. The average Bonchev–Trinajstić information content (AvgIpc) is 2.30. The summed E-state index contributed by atoms with van der Waals surface area (Å²) in [4.78, 5) is 14.3. The molecule has 2 heteroatoms. The summed E-state index contributed by atoms with van der Waals surface area (Å²) < 4.78 is 0. The first-order valence-electron chi connectivity index (χ1n) is 6.51. The second-order valence-electron chi connectivity index (χ2n) is 5.68. The summed E-state index contributed by atoms with van der Waals surface area (Å²) in [5.41, 5.74) is 1.45. The van der Waals surface area contributed by atoms with Crippen molar-refractivity contribution in [3.8, 4) is 0 Å². The molecule has 0 spiro atoms. The zero-order valence-corrected chi connectivity index (χ0v) is 10.9. The van der Waals surface area contributed by atoms with Crippen LogP contribution in [0.25, 0.3) is 0 Å². The Morgan fingerprint density at radius 2 is 2.06 bits per heavy atom. The van der Waals surface area contributed by atoms with Crippen LogP contribution in [0, 0.1) is 17.3 Å². The molecule has 0 radical (unpaired) electrons. The Balaban J connectivity index is 2.17. The van der Waals surface area contributed by atoms with Gasteiger partial charge >= 0.3 is 0 Å². The van der Waals surface area contributed by atoms with Crippen molar-refractivity contribution in [3.63, 3.8) is 0 Å². The molecule has 90 valence electrons. The van der Waals surface area contributed by atoms with E-state index >= 15 is 0 Å². The number of rotatable bonds is 3. The van der Waals surface area contributed by atoms with Crippen molar-refractivity contribution in [2.45, 2.75) is 40.5 Å². The summed E-state index contributed by atoms with van der Waals surface area (Å²) in [7, 11) is 0. The average molecular weight is 221 g/mol. The number of hydrogen-bond donors (Lipinski definition) is 0. The molecule has 0 unspecified atom stereocenters. The molecule has 0 saturated heterocycles. The maximum absolute atomic E-state index is 12.3. The van der Waals surface area contributed by atoms with Gasteiger partial charge in [-0.3, -0.25) is 4.79 Å². The lowest BCUT2D eigenvalue weighted by atomic mass is 9.49. The number of carbonyl (C=O) groups is 1. The SMILES string of the molecule is CCN(CC)C(=O)C1=CC[C@@H]2C[C@H]1C2(C)C. The Hall–Kier alpha value is -0.790. The highest BCUT2D eigenvalue weighted by molar-refractivity contribution is 5.94. The van der Waals surface area contributed by atoms with E-state index in [-0.39, 0.29) is 5.91 Å². The minimum atomic E-state index is 0.279. The third-order valence-corrected chi connectivity index (χ3v) is 4.77. The van der Waals surface area contributed by atoms with Crippen LogP contribution in [0.3, 0.4) is 0 Å². The van der Waals surface area contributed by atoms with E-state index in [9.17, 15) is 4.79 Å². The van der Waals surface area contributed by atoms with Gasteiger partial charge in [0.05, 0.1) is 0 Å². The molecular weight excluding hydrogens is 198 g/mol. The van der Waals surface area contributed by atoms with Crippen molar-refractivity contribution in [1.29, 1.82) is 0 Å². The van der Waals surface area contributed by atoms with Crippen LogP contribution < -0.4 is 0 Å². The molecular formula is C14H23NO. The molecule has 3 aliphatic carbocycles. The zero-order valence-electron chi connectivity index (χ0n) is 10.9. The maximum atomic E-state index is 12.3. The quantitative estimate of drug-likeness (QED) is 0.717. The molecule has 0 aromatic carbocycles. The highest BCUT2D eigenvalue weighted by Crippen LogP contribution is 2.59. The fourth-order valence-electron chi connectivity index (χ4n) is 3.28. The third kappa shape index (κ3) is 1.50. The molecule has 0 aromatic heterocycles. The fraction of sp³-hybridized carbons (Fsp3) is 0.786.